The molecular weight excluding hydrogens is 264 g/mol. The summed E-state index contributed by atoms with van der Waals surface area (Å²) in [7, 11) is 1.24. The fraction of sp³-hybridized carbons (Fsp3) is 0.167. The lowest BCUT2D eigenvalue weighted by molar-refractivity contribution is -0.143. The number of carbonyl (C=O) groups is 3. The van der Waals surface area contributed by atoms with Gasteiger partial charge in [0.15, 0.2) is 5.58 Å². The number of benzene rings is 1. The van der Waals surface area contributed by atoms with Crippen LogP contribution in [-0.2, 0) is 16.1 Å². The molecule has 8 heteroatoms. The third kappa shape index (κ3) is 1.62. The molecule has 3 rings (SSSR count). The minimum absolute atomic E-state index is 0.141. The maximum absolute atomic E-state index is 11.7. The molecule has 2 heterocycles. The highest BCUT2D eigenvalue weighted by molar-refractivity contribution is 6.44. The first kappa shape index (κ1) is 12.2. The predicted octanol–water partition coefficient (Wildman–Crippen LogP) is 0.331. The number of amides is 4. The first-order valence-electron chi connectivity index (χ1n) is 5.76. The van der Waals surface area contributed by atoms with Gasteiger partial charge in [-0.2, -0.15) is 0 Å². The van der Waals surface area contributed by atoms with Crippen molar-refractivity contribution in [1.29, 1.82) is 0 Å². The maximum Gasteiger partial charge on any atom is 0.334 e. The van der Waals surface area contributed by atoms with Gasteiger partial charge in [-0.15, -0.1) is 0 Å². The summed E-state index contributed by atoms with van der Waals surface area (Å²) in [5.74, 6) is -1.62. The smallest absolute Gasteiger partial charge is 0.334 e. The molecule has 4 amide bonds. The predicted molar refractivity (Wildman–Crippen MR) is 67.1 cm³/mol. The van der Waals surface area contributed by atoms with Crippen LogP contribution in [0, 0.1) is 0 Å². The van der Waals surface area contributed by atoms with E-state index in [1.54, 1.807) is 18.2 Å². The molecule has 1 aromatic heterocycles. The normalized spacial score (nSPS) is 15.8. The van der Waals surface area contributed by atoms with Crippen molar-refractivity contribution in [3.8, 4) is 0 Å². The molecule has 1 fully saturated rings. The van der Waals surface area contributed by atoms with E-state index in [-0.39, 0.29) is 12.4 Å². The number of oxazole rings is 1. The standard InChI is InChI=1S/C12H10N4O4/c1-15-10(17)11(18)16(12(15)19)5-8-14-9-6(13)3-2-4-7(9)20-8/h2-4H,5,13H2,1H3. The summed E-state index contributed by atoms with van der Waals surface area (Å²) >= 11 is 0. The van der Waals surface area contributed by atoms with Gasteiger partial charge >= 0.3 is 17.8 Å². The summed E-state index contributed by atoms with van der Waals surface area (Å²) in [4.78, 5) is 40.4. The Bertz CT molecular complexity index is 751. The summed E-state index contributed by atoms with van der Waals surface area (Å²) in [6.45, 7) is -0.206. The number of nitrogens with zero attached hydrogens (tertiary/aromatic N) is 3. The number of carbonyl (C=O) groups excluding carboxylic acids is 3. The van der Waals surface area contributed by atoms with E-state index in [0.717, 1.165) is 9.80 Å². The van der Waals surface area contributed by atoms with E-state index >= 15 is 0 Å². The largest absolute Gasteiger partial charge is 0.439 e. The zero-order valence-corrected chi connectivity index (χ0v) is 10.5. The maximum atomic E-state index is 11.7. The van der Waals surface area contributed by atoms with E-state index in [9.17, 15) is 14.4 Å². The van der Waals surface area contributed by atoms with Gasteiger partial charge in [-0.1, -0.05) is 6.07 Å². The van der Waals surface area contributed by atoms with Crippen molar-refractivity contribution in [2.75, 3.05) is 12.8 Å². The number of aromatic nitrogens is 1. The van der Waals surface area contributed by atoms with E-state index in [2.05, 4.69) is 4.98 Å². The number of hydrogen-bond acceptors (Lipinski definition) is 6. The van der Waals surface area contributed by atoms with Crippen LogP contribution >= 0.6 is 0 Å². The number of likely N-dealkylation sites (N-methyl/N-ethyl adjacent to an activating group) is 1. The number of para-hydroxylation sites is 1. The molecule has 0 saturated carbocycles. The molecule has 2 N–H and O–H groups in total. The lowest BCUT2D eigenvalue weighted by Gasteiger charge is -2.09. The zero-order valence-electron chi connectivity index (χ0n) is 10.5. The molecule has 20 heavy (non-hydrogen) atoms. The summed E-state index contributed by atoms with van der Waals surface area (Å²) in [5, 5.41) is 0. The lowest BCUT2D eigenvalue weighted by Crippen LogP contribution is -2.31. The average Bonchev–Trinajstić information content (AvgIpc) is 2.92. The van der Waals surface area contributed by atoms with Gasteiger partial charge in [0, 0.05) is 7.05 Å². The molecule has 0 bridgehead atoms. The summed E-state index contributed by atoms with van der Waals surface area (Å²) in [6, 6.07) is 4.34. The molecule has 1 aliphatic rings. The van der Waals surface area contributed by atoms with Crippen LogP contribution in [-0.4, -0.2) is 39.7 Å². The Morgan fingerprint density at radius 3 is 2.60 bits per heavy atom. The average molecular weight is 274 g/mol. The van der Waals surface area contributed by atoms with Crippen LogP contribution in [0.2, 0.25) is 0 Å². The van der Waals surface area contributed by atoms with E-state index < -0.39 is 17.8 Å². The van der Waals surface area contributed by atoms with Crippen molar-refractivity contribution < 1.29 is 18.8 Å². The van der Waals surface area contributed by atoms with Gasteiger partial charge in [0.05, 0.1) is 5.69 Å². The van der Waals surface area contributed by atoms with Gasteiger partial charge < -0.3 is 10.2 Å². The molecule has 0 unspecified atom stereocenters. The van der Waals surface area contributed by atoms with E-state index in [0.29, 0.717) is 16.8 Å². The van der Waals surface area contributed by atoms with Gasteiger partial charge in [-0.3, -0.25) is 14.5 Å². The van der Waals surface area contributed by atoms with Crippen molar-refractivity contribution >= 4 is 34.6 Å². The van der Waals surface area contributed by atoms with Crippen molar-refractivity contribution in [3.63, 3.8) is 0 Å². The number of imide groups is 2. The molecule has 0 atom stereocenters. The van der Waals surface area contributed by atoms with Crippen molar-refractivity contribution in [1.82, 2.24) is 14.8 Å². The number of rotatable bonds is 2. The number of hydrogen-bond donors (Lipinski definition) is 1. The van der Waals surface area contributed by atoms with Gasteiger partial charge in [-0.25, -0.2) is 14.7 Å². The highest BCUT2D eigenvalue weighted by atomic mass is 16.3. The molecule has 2 aromatic rings. The topological polar surface area (TPSA) is 110 Å². The Labute approximate surface area is 112 Å². The van der Waals surface area contributed by atoms with Crippen LogP contribution in [0.1, 0.15) is 5.89 Å². The first-order chi connectivity index (χ1) is 9.49. The highest BCUT2D eigenvalue weighted by Crippen LogP contribution is 2.23. The third-order valence-electron chi connectivity index (χ3n) is 3.04. The Hall–Kier alpha value is -2.90. The molecule has 0 spiro atoms. The van der Waals surface area contributed by atoms with Crippen LogP contribution < -0.4 is 5.73 Å². The van der Waals surface area contributed by atoms with Crippen LogP contribution in [0.15, 0.2) is 22.6 Å². The molecule has 1 aromatic carbocycles. The van der Waals surface area contributed by atoms with E-state index in [4.69, 9.17) is 10.2 Å². The van der Waals surface area contributed by atoms with Crippen molar-refractivity contribution in [2.45, 2.75) is 6.54 Å². The van der Waals surface area contributed by atoms with Crippen molar-refractivity contribution in [3.05, 3.63) is 24.1 Å². The molecular formula is C12H10N4O4. The third-order valence-corrected chi connectivity index (χ3v) is 3.04. The van der Waals surface area contributed by atoms with Gasteiger partial charge in [0.1, 0.15) is 12.1 Å². The fourth-order valence-corrected chi connectivity index (χ4v) is 1.97. The van der Waals surface area contributed by atoms with Gasteiger partial charge in [0.2, 0.25) is 5.89 Å². The summed E-state index contributed by atoms with van der Waals surface area (Å²) < 4.78 is 5.41. The molecule has 102 valence electrons. The monoisotopic (exact) mass is 274 g/mol. The Kier molecular flexibility index (Phi) is 2.46. The summed E-state index contributed by atoms with van der Waals surface area (Å²) in [6.07, 6.45) is 0. The molecule has 1 saturated heterocycles. The molecule has 8 nitrogen and oxygen atoms in total. The number of fused-ring (bicyclic) bond motifs is 1. The minimum atomic E-state index is -0.896. The zero-order chi connectivity index (χ0) is 14.4. The lowest BCUT2D eigenvalue weighted by atomic mass is 10.3. The highest BCUT2D eigenvalue weighted by Gasteiger charge is 2.42. The molecule has 0 radical (unpaired) electrons. The number of nitrogens with two attached hydrogens (primary N) is 1. The second-order valence-corrected chi connectivity index (χ2v) is 4.34. The Morgan fingerprint density at radius 1 is 1.25 bits per heavy atom. The number of nitrogen functional groups attached to an aromatic ring is 1. The quantitative estimate of drug-likeness (QED) is 0.480. The minimum Gasteiger partial charge on any atom is -0.439 e. The second kappa shape index (κ2) is 4.05. The first-order valence-corrected chi connectivity index (χ1v) is 5.76. The number of urea groups is 1. The number of anilines is 1. The van der Waals surface area contributed by atoms with Crippen LogP contribution in [0.25, 0.3) is 11.1 Å². The molecule has 1 aliphatic heterocycles. The van der Waals surface area contributed by atoms with Crippen LogP contribution in [0.4, 0.5) is 10.5 Å². The van der Waals surface area contributed by atoms with E-state index in [1.165, 1.54) is 7.05 Å². The Balaban J connectivity index is 1.94. The van der Waals surface area contributed by atoms with Gasteiger partial charge in [-0.05, 0) is 12.1 Å². The van der Waals surface area contributed by atoms with E-state index in [1.807, 2.05) is 0 Å². The SMILES string of the molecule is CN1C(=O)C(=O)N(Cc2nc3c(N)cccc3o2)C1=O. The van der Waals surface area contributed by atoms with Crippen molar-refractivity contribution in [2.24, 2.45) is 0 Å². The van der Waals surface area contributed by atoms with Crippen LogP contribution in [0.5, 0.6) is 0 Å². The van der Waals surface area contributed by atoms with Crippen LogP contribution in [0.3, 0.4) is 0 Å². The fourth-order valence-electron chi connectivity index (χ4n) is 1.97. The molecule has 0 aliphatic carbocycles. The summed E-state index contributed by atoms with van der Waals surface area (Å²) in [5.41, 5.74) is 7.10. The second-order valence-electron chi connectivity index (χ2n) is 4.34. The Morgan fingerprint density at radius 2 is 2.00 bits per heavy atom. The van der Waals surface area contributed by atoms with Gasteiger partial charge in [0.25, 0.3) is 0 Å².